The molecule has 3 aromatic rings. The molecular weight excluding hydrogens is 439 g/mol. The summed E-state index contributed by atoms with van der Waals surface area (Å²) in [5.74, 6) is 0.787. The van der Waals surface area contributed by atoms with Crippen molar-refractivity contribution in [2.24, 2.45) is 0 Å². The number of amides is 1. The molecule has 0 saturated carbocycles. The van der Waals surface area contributed by atoms with Crippen molar-refractivity contribution in [1.82, 2.24) is 20.4 Å². The average Bonchev–Trinajstić information content (AvgIpc) is 3.27. The summed E-state index contributed by atoms with van der Waals surface area (Å²) in [7, 11) is 0. The second-order valence-electron chi connectivity index (χ2n) is 7.55. The molecule has 0 atom stereocenters. The van der Waals surface area contributed by atoms with Crippen molar-refractivity contribution in [1.29, 1.82) is 0 Å². The van der Waals surface area contributed by atoms with E-state index >= 15 is 0 Å². The first-order chi connectivity index (χ1) is 15.1. The Morgan fingerprint density at radius 2 is 2.03 bits per heavy atom. The number of carbonyl (C=O) groups is 1. The SMILES string of the molecule is O=C(CCc1nc(-c2cccnc2)no1)NCC1(c2ccc(Cl)cc2Cl)CCOCC1. The number of rotatable bonds is 7. The molecule has 1 N–H and O–H groups in total. The van der Waals surface area contributed by atoms with Crippen LogP contribution >= 0.6 is 23.2 Å². The van der Waals surface area contributed by atoms with E-state index in [1.54, 1.807) is 24.5 Å². The minimum Gasteiger partial charge on any atom is -0.381 e. The van der Waals surface area contributed by atoms with E-state index in [2.05, 4.69) is 20.4 Å². The summed E-state index contributed by atoms with van der Waals surface area (Å²) in [5.41, 5.74) is 1.47. The number of carbonyl (C=O) groups excluding carboxylic acids is 1. The monoisotopic (exact) mass is 460 g/mol. The lowest BCUT2D eigenvalue weighted by Crippen LogP contribution is -2.44. The number of nitrogens with zero attached hydrogens (tertiary/aromatic N) is 3. The van der Waals surface area contributed by atoms with E-state index in [0.717, 1.165) is 24.0 Å². The zero-order valence-electron chi connectivity index (χ0n) is 16.8. The molecule has 1 fully saturated rings. The normalized spacial score (nSPS) is 15.5. The van der Waals surface area contributed by atoms with Gasteiger partial charge in [-0.2, -0.15) is 4.98 Å². The van der Waals surface area contributed by atoms with Gasteiger partial charge in [-0.15, -0.1) is 0 Å². The van der Waals surface area contributed by atoms with Crippen molar-refractivity contribution in [2.45, 2.75) is 31.1 Å². The van der Waals surface area contributed by atoms with Gasteiger partial charge in [-0.25, -0.2) is 0 Å². The Labute approximate surface area is 190 Å². The molecule has 0 unspecified atom stereocenters. The molecule has 4 rings (SSSR count). The van der Waals surface area contributed by atoms with Crippen LogP contribution in [0.1, 0.15) is 30.7 Å². The highest BCUT2D eigenvalue weighted by Crippen LogP contribution is 2.39. The van der Waals surface area contributed by atoms with Crippen molar-refractivity contribution in [3.8, 4) is 11.4 Å². The fraction of sp³-hybridized carbons (Fsp3) is 0.364. The minimum atomic E-state index is -0.284. The predicted octanol–water partition coefficient (Wildman–Crippen LogP) is 4.24. The van der Waals surface area contributed by atoms with Gasteiger partial charge in [-0.3, -0.25) is 9.78 Å². The van der Waals surface area contributed by atoms with Gasteiger partial charge in [0.1, 0.15) is 0 Å². The molecule has 31 heavy (non-hydrogen) atoms. The van der Waals surface area contributed by atoms with E-state index in [4.69, 9.17) is 32.5 Å². The second-order valence-corrected chi connectivity index (χ2v) is 8.39. The van der Waals surface area contributed by atoms with Gasteiger partial charge >= 0.3 is 0 Å². The first-order valence-corrected chi connectivity index (χ1v) is 10.8. The zero-order chi connectivity index (χ0) is 21.7. The van der Waals surface area contributed by atoms with Gasteiger partial charge in [0, 0.05) is 66.0 Å². The van der Waals surface area contributed by atoms with E-state index < -0.39 is 0 Å². The zero-order valence-corrected chi connectivity index (χ0v) is 18.3. The van der Waals surface area contributed by atoms with Gasteiger partial charge in [-0.1, -0.05) is 34.4 Å². The number of nitrogens with one attached hydrogen (secondary N) is 1. The van der Waals surface area contributed by atoms with Gasteiger partial charge in [0.25, 0.3) is 0 Å². The maximum absolute atomic E-state index is 12.6. The van der Waals surface area contributed by atoms with Gasteiger partial charge in [0.15, 0.2) is 0 Å². The van der Waals surface area contributed by atoms with Crippen LogP contribution in [0.15, 0.2) is 47.2 Å². The number of ether oxygens (including phenoxy) is 1. The van der Waals surface area contributed by atoms with Crippen molar-refractivity contribution in [2.75, 3.05) is 19.8 Å². The van der Waals surface area contributed by atoms with E-state index in [0.29, 0.717) is 47.9 Å². The van der Waals surface area contributed by atoms with Crippen LogP contribution in [0, 0.1) is 0 Å². The summed E-state index contributed by atoms with van der Waals surface area (Å²) in [5, 5.41) is 8.21. The van der Waals surface area contributed by atoms with E-state index in [-0.39, 0.29) is 17.7 Å². The minimum absolute atomic E-state index is 0.0860. The smallest absolute Gasteiger partial charge is 0.227 e. The van der Waals surface area contributed by atoms with Crippen LogP contribution in [0.3, 0.4) is 0 Å². The van der Waals surface area contributed by atoms with Gasteiger partial charge in [-0.05, 0) is 42.7 Å². The Hall–Kier alpha value is -2.48. The number of aromatic nitrogens is 3. The van der Waals surface area contributed by atoms with Crippen molar-refractivity contribution >= 4 is 29.1 Å². The number of pyridine rings is 1. The summed E-state index contributed by atoms with van der Waals surface area (Å²) in [6, 6.07) is 9.17. The lowest BCUT2D eigenvalue weighted by Gasteiger charge is -2.38. The van der Waals surface area contributed by atoms with Crippen molar-refractivity contribution in [3.05, 3.63) is 64.2 Å². The fourth-order valence-corrected chi connectivity index (χ4v) is 4.38. The van der Waals surface area contributed by atoms with Gasteiger partial charge in [0.2, 0.25) is 17.6 Å². The summed E-state index contributed by atoms with van der Waals surface area (Å²) >= 11 is 12.6. The molecule has 1 saturated heterocycles. The number of halogens is 2. The lowest BCUT2D eigenvalue weighted by atomic mass is 9.74. The molecule has 0 radical (unpaired) electrons. The van der Waals surface area contributed by atoms with Gasteiger partial charge < -0.3 is 14.6 Å². The van der Waals surface area contributed by atoms with Crippen LogP contribution in [0.25, 0.3) is 11.4 Å². The van der Waals surface area contributed by atoms with E-state index in [1.165, 1.54) is 0 Å². The van der Waals surface area contributed by atoms with Crippen LogP contribution < -0.4 is 5.32 Å². The van der Waals surface area contributed by atoms with E-state index in [1.807, 2.05) is 18.2 Å². The Morgan fingerprint density at radius 3 is 2.77 bits per heavy atom. The Bertz CT molecular complexity index is 1040. The highest BCUT2D eigenvalue weighted by molar-refractivity contribution is 6.35. The molecule has 7 nitrogen and oxygen atoms in total. The average molecular weight is 461 g/mol. The quantitative estimate of drug-likeness (QED) is 0.566. The maximum Gasteiger partial charge on any atom is 0.227 e. The molecule has 1 amide bonds. The van der Waals surface area contributed by atoms with Crippen LogP contribution in [-0.2, 0) is 21.4 Å². The second kappa shape index (κ2) is 9.77. The molecule has 2 aromatic heterocycles. The molecule has 3 heterocycles. The van der Waals surface area contributed by atoms with Crippen LogP contribution in [-0.4, -0.2) is 40.8 Å². The van der Waals surface area contributed by atoms with E-state index in [9.17, 15) is 4.79 Å². The fourth-order valence-electron chi connectivity index (χ4n) is 3.77. The predicted molar refractivity (Wildman–Crippen MR) is 117 cm³/mol. The molecular formula is C22H22Cl2N4O3. The third-order valence-electron chi connectivity index (χ3n) is 5.53. The summed E-state index contributed by atoms with van der Waals surface area (Å²) in [4.78, 5) is 20.9. The van der Waals surface area contributed by atoms with Crippen LogP contribution in [0.2, 0.25) is 10.0 Å². The lowest BCUT2D eigenvalue weighted by molar-refractivity contribution is -0.121. The largest absolute Gasteiger partial charge is 0.381 e. The van der Waals surface area contributed by atoms with Crippen LogP contribution in [0.5, 0.6) is 0 Å². The number of aryl methyl sites for hydroxylation is 1. The van der Waals surface area contributed by atoms with Gasteiger partial charge in [0.05, 0.1) is 0 Å². The molecule has 162 valence electrons. The standard InChI is InChI=1S/C22H22Cl2N4O3/c23-16-3-4-17(18(24)12-16)22(7-10-30-11-8-22)14-26-19(29)5-6-20-27-21(28-31-20)15-2-1-9-25-13-15/h1-4,9,12-13H,5-8,10-11,14H2,(H,26,29). The third-order valence-corrected chi connectivity index (χ3v) is 6.08. The third kappa shape index (κ3) is 5.23. The molecule has 0 bridgehead atoms. The number of hydrogen-bond donors (Lipinski definition) is 1. The molecule has 9 heteroatoms. The molecule has 1 aromatic carbocycles. The Morgan fingerprint density at radius 1 is 1.19 bits per heavy atom. The molecule has 1 aliphatic rings. The number of hydrogen-bond acceptors (Lipinski definition) is 6. The molecule has 1 aliphatic heterocycles. The first-order valence-electron chi connectivity index (χ1n) is 10.1. The van der Waals surface area contributed by atoms with Crippen molar-refractivity contribution < 1.29 is 14.1 Å². The molecule has 0 aliphatic carbocycles. The highest BCUT2D eigenvalue weighted by Gasteiger charge is 2.36. The Balaban J connectivity index is 1.37. The summed E-state index contributed by atoms with van der Waals surface area (Å²) in [6.07, 6.45) is 5.49. The highest BCUT2D eigenvalue weighted by atomic mass is 35.5. The number of benzene rings is 1. The topological polar surface area (TPSA) is 90.1 Å². The Kier molecular flexibility index (Phi) is 6.85. The first kappa shape index (κ1) is 21.7. The van der Waals surface area contributed by atoms with Crippen molar-refractivity contribution in [3.63, 3.8) is 0 Å². The summed E-state index contributed by atoms with van der Waals surface area (Å²) in [6.45, 7) is 1.71. The molecule has 0 spiro atoms. The maximum atomic E-state index is 12.6. The van der Waals surface area contributed by atoms with Crippen LogP contribution in [0.4, 0.5) is 0 Å². The summed E-state index contributed by atoms with van der Waals surface area (Å²) < 4.78 is 10.8.